The maximum atomic E-state index is 11.3. The fraction of sp³-hybridized carbons (Fsp3) is 1.00. The molecule has 0 radical (unpaired) electrons. The highest BCUT2D eigenvalue weighted by Crippen LogP contribution is 2.47. The van der Waals surface area contributed by atoms with E-state index in [-0.39, 0.29) is 13.2 Å². The summed E-state index contributed by atoms with van der Waals surface area (Å²) in [6, 6.07) is 0. The first-order valence-electron chi connectivity index (χ1n) is 3.54. The summed E-state index contributed by atoms with van der Waals surface area (Å²) in [5.74, 6) is 0. The van der Waals surface area contributed by atoms with Crippen molar-refractivity contribution in [2.75, 3.05) is 19.5 Å². The molecule has 0 saturated carbocycles. The zero-order chi connectivity index (χ0) is 9.61. The van der Waals surface area contributed by atoms with E-state index < -0.39 is 18.8 Å². The zero-order valence-corrected chi connectivity index (χ0v) is 7.95. The van der Waals surface area contributed by atoms with Crippen LogP contribution in [-0.4, -0.2) is 24.4 Å². The van der Waals surface area contributed by atoms with E-state index in [0.29, 0.717) is 0 Å². The lowest BCUT2D eigenvalue weighted by Gasteiger charge is -2.11. The molecule has 0 rings (SSSR count). The molecule has 12 heavy (non-hydrogen) atoms. The Bertz CT molecular complexity index is 184. The van der Waals surface area contributed by atoms with Crippen LogP contribution in [0.2, 0.25) is 0 Å². The Kier molecular flexibility index (Phi) is 5.04. The Hall–Kier alpha value is -0.450. The quantitative estimate of drug-likeness (QED) is 0.366. The monoisotopic (exact) mass is 197 g/mol. The summed E-state index contributed by atoms with van der Waals surface area (Å²) >= 11 is 0. The van der Waals surface area contributed by atoms with Gasteiger partial charge in [0.05, 0.1) is 13.2 Å². The van der Waals surface area contributed by atoms with E-state index in [0.717, 1.165) is 0 Å². The largest absolute Gasteiger partial charge is 0.400 e. The van der Waals surface area contributed by atoms with E-state index in [9.17, 15) is 14.7 Å². The van der Waals surface area contributed by atoms with Crippen molar-refractivity contribution in [3.05, 3.63) is 10.1 Å². The van der Waals surface area contributed by atoms with Gasteiger partial charge < -0.3 is 9.05 Å². The predicted octanol–water partition coefficient (Wildman–Crippen LogP) is 1.49. The minimum atomic E-state index is -3.47. The normalized spacial score (nSPS) is 11.5. The molecule has 72 valence electrons. The standard InChI is InChI=1S/C5H12NO5P/c1-3-10-12(9,11-4-2)5-6(7)8/h3-5H2,1-2H3. The van der Waals surface area contributed by atoms with E-state index >= 15 is 0 Å². The average molecular weight is 197 g/mol. The third-order valence-electron chi connectivity index (χ3n) is 0.940. The lowest BCUT2D eigenvalue weighted by Crippen LogP contribution is -2.07. The maximum Gasteiger partial charge on any atom is 0.400 e. The van der Waals surface area contributed by atoms with Crippen molar-refractivity contribution in [1.29, 1.82) is 0 Å². The van der Waals surface area contributed by atoms with E-state index in [4.69, 9.17) is 0 Å². The molecule has 0 amide bonds. The van der Waals surface area contributed by atoms with E-state index in [2.05, 4.69) is 9.05 Å². The first-order chi connectivity index (χ1) is 5.54. The molecule has 0 aliphatic rings. The van der Waals surface area contributed by atoms with Gasteiger partial charge in [0.1, 0.15) is 0 Å². The summed E-state index contributed by atoms with van der Waals surface area (Å²) in [4.78, 5) is 9.34. The van der Waals surface area contributed by atoms with Gasteiger partial charge in [0.25, 0.3) is 0 Å². The van der Waals surface area contributed by atoms with Gasteiger partial charge in [-0.1, -0.05) is 0 Å². The third-order valence-corrected chi connectivity index (χ3v) is 2.82. The van der Waals surface area contributed by atoms with Gasteiger partial charge in [0.2, 0.25) is 0 Å². The molecule has 0 saturated heterocycles. The molecule has 0 spiro atoms. The Morgan fingerprint density at radius 2 is 1.75 bits per heavy atom. The molecule has 0 heterocycles. The average Bonchev–Trinajstić information content (AvgIpc) is 1.85. The van der Waals surface area contributed by atoms with Crippen LogP contribution in [-0.2, 0) is 13.6 Å². The van der Waals surface area contributed by atoms with Crippen LogP contribution in [0.4, 0.5) is 0 Å². The molecule has 6 nitrogen and oxygen atoms in total. The minimum absolute atomic E-state index is 0.144. The molecule has 7 heteroatoms. The summed E-state index contributed by atoms with van der Waals surface area (Å²) in [5.41, 5.74) is 0. The minimum Gasteiger partial charge on any atom is -0.304 e. The van der Waals surface area contributed by atoms with Gasteiger partial charge in [0, 0.05) is 4.92 Å². The highest BCUT2D eigenvalue weighted by atomic mass is 31.2. The van der Waals surface area contributed by atoms with Gasteiger partial charge in [-0.05, 0) is 13.8 Å². The van der Waals surface area contributed by atoms with Crippen molar-refractivity contribution in [1.82, 2.24) is 0 Å². The van der Waals surface area contributed by atoms with Gasteiger partial charge in [-0.3, -0.25) is 14.7 Å². The number of hydrogen-bond acceptors (Lipinski definition) is 5. The second-order valence-corrected chi connectivity index (χ2v) is 3.94. The number of nitrogens with zero attached hydrogens (tertiary/aromatic N) is 1. The van der Waals surface area contributed by atoms with Crippen molar-refractivity contribution >= 4 is 7.60 Å². The van der Waals surface area contributed by atoms with Crippen LogP contribution in [0.25, 0.3) is 0 Å². The van der Waals surface area contributed by atoms with Crippen LogP contribution < -0.4 is 0 Å². The summed E-state index contributed by atoms with van der Waals surface area (Å²) < 4.78 is 20.7. The summed E-state index contributed by atoms with van der Waals surface area (Å²) in [6.45, 7) is 3.49. The predicted molar refractivity (Wildman–Crippen MR) is 42.7 cm³/mol. The van der Waals surface area contributed by atoms with Crippen LogP contribution in [0.15, 0.2) is 0 Å². The van der Waals surface area contributed by atoms with Gasteiger partial charge in [-0.25, -0.2) is 0 Å². The van der Waals surface area contributed by atoms with Gasteiger partial charge in [-0.2, -0.15) is 0 Å². The Morgan fingerprint density at radius 3 is 2.00 bits per heavy atom. The summed E-state index contributed by atoms with van der Waals surface area (Å²) in [6.07, 6.45) is -0.769. The SMILES string of the molecule is CCOP(=O)(C[N+](=O)[O-])OCC. The first-order valence-corrected chi connectivity index (χ1v) is 5.26. The molecule has 0 aromatic rings. The fourth-order valence-corrected chi connectivity index (χ4v) is 1.96. The smallest absolute Gasteiger partial charge is 0.304 e. The molecule has 0 aromatic heterocycles. The fourth-order valence-electron chi connectivity index (χ4n) is 0.654. The van der Waals surface area contributed by atoms with E-state index in [1.807, 2.05) is 0 Å². The zero-order valence-electron chi connectivity index (χ0n) is 7.06. The van der Waals surface area contributed by atoms with Crippen molar-refractivity contribution in [2.24, 2.45) is 0 Å². The summed E-state index contributed by atoms with van der Waals surface area (Å²) in [5, 5.41) is 10.0. The molecule has 0 unspecified atom stereocenters. The van der Waals surface area contributed by atoms with Crippen LogP contribution in [0.5, 0.6) is 0 Å². The van der Waals surface area contributed by atoms with Crippen molar-refractivity contribution in [2.45, 2.75) is 13.8 Å². The molecule has 0 aromatic carbocycles. The van der Waals surface area contributed by atoms with Crippen LogP contribution in [0, 0.1) is 10.1 Å². The number of hydrogen-bond donors (Lipinski definition) is 0. The van der Waals surface area contributed by atoms with E-state index in [1.54, 1.807) is 13.8 Å². The highest BCUT2D eigenvalue weighted by molar-refractivity contribution is 7.53. The molecule has 0 N–H and O–H groups in total. The molecular weight excluding hydrogens is 185 g/mol. The van der Waals surface area contributed by atoms with Crippen molar-refractivity contribution < 1.29 is 18.5 Å². The van der Waals surface area contributed by atoms with Crippen LogP contribution >= 0.6 is 7.60 Å². The second-order valence-electron chi connectivity index (χ2n) is 1.92. The molecule has 0 aliphatic carbocycles. The Labute approximate surface area is 70.5 Å². The van der Waals surface area contributed by atoms with E-state index in [1.165, 1.54) is 0 Å². The van der Waals surface area contributed by atoms with Gasteiger partial charge in [0.15, 0.2) is 0 Å². The lowest BCUT2D eigenvalue weighted by atomic mass is 10.9. The number of rotatable bonds is 6. The lowest BCUT2D eigenvalue weighted by molar-refractivity contribution is -0.462. The van der Waals surface area contributed by atoms with Gasteiger partial charge >= 0.3 is 13.9 Å². The maximum absolute atomic E-state index is 11.3. The molecule has 0 fully saturated rings. The second kappa shape index (κ2) is 5.24. The number of nitro groups is 1. The van der Waals surface area contributed by atoms with Crippen LogP contribution in [0.1, 0.15) is 13.8 Å². The van der Waals surface area contributed by atoms with Crippen LogP contribution in [0.3, 0.4) is 0 Å². The first kappa shape index (κ1) is 11.6. The molecule has 0 bridgehead atoms. The Morgan fingerprint density at radius 1 is 1.33 bits per heavy atom. The highest BCUT2D eigenvalue weighted by Gasteiger charge is 2.30. The topological polar surface area (TPSA) is 78.7 Å². The van der Waals surface area contributed by atoms with Gasteiger partial charge in [-0.15, -0.1) is 0 Å². The molecular formula is C5H12NO5P. The summed E-state index contributed by atoms with van der Waals surface area (Å²) in [7, 11) is -3.47. The van der Waals surface area contributed by atoms with Crippen molar-refractivity contribution in [3.63, 3.8) is 0 Å². The molecule has 0 atom stereocenters. The third kappa shape index (κ3) is 4.43. The molecule has 0 aliphatic heterocycles. The van der Waals surface area contributed by atoms with Crippen molar-refractivity contribution in [3.8, 4) is 0 Å². The Balaban J connectivity index is 4.18.